The number of alkyl halides is 3. The summed E-state index contributed by atoms with van der Waals surface area (Å²) in [5, 5.41) is 5.26. The number of carbonyl (C=O) groups excluding carboxylic acids is 1. The molecule has 0 bridgehead atoms. The number of rotatable bonds is 6. The Morgan fingerprint density at radius 2 is 1.83 bits per heavy atom. The average Bonchev–Trinajstić information content (AvgIpc) is 3.79. The Kier molecular flexibility index (Phi) is 5.31. The van der Waals surface area contributed by atoms with Gasteiger partial charge in [0, 0.05) is 30.4 Å². The highest BCUT2D eigenvalue weighted by atomic mass is 19.4. The highest BCUT2D eigenvalue weighted by Gasteiger charge is 2.38. The molecule has 0 aliphatic heterocycles. The van der Waals surface area contributed by atoms with Crippen molar-refractivity contribution in [3.05, 3.63) is 82.8 Å². The molecule has 2 saturated carbocycles. The van der Waals surface area contributed by atoms with Crippen LogP contribution in [0.1, 0.15) is 64.5 Å². The van der Waals surface area contributed by atoms with Gasteiger partial charge in [-0.3, -0.25) is 4.79 Å². The molecule has 0 spiro atoms. The van der Waals surface area contributed by atoms with Crippen molar-refractivity contribution in [2.45, 2.75) is 57.3 Å². The number of hydrogen-bond donors (Lipinski definition) is 0. The fraction of sp³-hybridized carbons (Fsp3) is 0.333. The van der Waals surface area contributed by atoms with Crippen molar-refractivity contribution in [2.24, 2.45) is 0 Å². The topological polar surface area (TPSA) is 63.9 Å². The van der Waals surface area contributed by atoms with Crippen molar-refractivity contribution >= 4 is 16.9 Å². The molecule has 184 valence electrons. The molecule has 0 N–H and O–H groups in total. The number of fused-ring (bicyclic) bond motifs is 1. The summed E-state index contributed by atoms with van der Waals surface area (Å²) in [5.41, 5.74) is 1.82. The lowest BCUT2D eigenvalue weighted by molar-refractivity contribution is -0.138. The van der Waals surface area contributed by atoms with E-state index in [-0.39, 0.29) is 30.0 Å². The minimum Gasteiger partial charge on any atom is -0.331 e. The number of aryl methyl sites for hydroxylation is 1. The molecular formula is C27H24F3N5O. The largest absolute Gasteiger partial charge is 0.416 e. The minimum atomic E-state index is -4.49. The van der Waals surface area contributed by atoms with E-state index < -0.39 is 11.7 Å². The maximum atomic E-state index is 14.1. The quantitative estimate of drug-likeness (QED) is 0.341. The molecule has 2 fully saturated rings. The molecule has 0 saturated heterocycles. The third-order valence-electron chi connectivity index (χ3n) is 6.84. The van der Waals surface area contributed by atoms with Gasteiger partial charge < -0.3 is 4.90 Å². The lowest BCUT2D eigenvalue weighted by Crippen LogP contribution is -2.33. The van der Waals surface area contributed by atoms with Crippen LogP contribution in [0.4, 0.5) is 13.2 Å². The Morgan fingerprint density at radius 1 is 1.08 bits per heavy atom. The summed E-state index contributed by atoms with van der Waals surface area (Å²) in [5.74, 6) is 0.578. The van der Waals surface area contributed by atoms with Gasteiger partial charge in [0.05, 0.1) is 22.2 Å². The van der Waals surface area contributed by atoms with Crippen LogP contribution in [0.15, 0.2) is 54.7 Å². The van der Waals surface area contributed by atoms with Crippen LogP contribution in [0.2, 0.25) is 0 Å². The van der Waals surface area contributed by atoms with Crippen molar-refractivity contribution in [1.29, 1.82) is 0 Å². The van der Waals surface area contributed by atoms with Crippen LogP contribution in [-0.4, -0.2) is 36.6 Å². The molecule has 4 aromatic rings. The molecule has 36 heavy (non-hydrogen) atoms. The predicted octanol–water partition coefficient (Wildman–Crippen LogP) is 5.82. The Balaban J connectivity index is 1.47. The Hall–Kier alpha value is -3.75. The molecule has 0 unspecified atom stereocenters. The van der Waals surface area contributed by atoms with Gasteiger partial charge in [-0.05, 0) is 62.4 Å². The van der Waals surface area contributed by atoms with Crippen LogP contribution in [-0.2, 0) is 12.7 Å². The van der Waals surface area contributed by atoms with Gasteiger partial charge in [-0.15, -0.1) is 0 Å². The average molecular weight is 492 g/mol. The van der Waals surface area contributed by atoms with Crippen molar-refractivity contribution in [2.75, 3.05) is 0 Å². The van der Waals surface area contributed by atoms with Crippen molar-refractivity contribution < 1.29 is 18.0 Å². The second-order valence-corrected chi connectivity index (χ2v) is 9.57. The SMILES string of the molecule is Cc1nn(-c2ccccn2)c2nc(C3CC3)cc(C(=O)N(Cc3ccccc3C(F)(F)F)C3CC3)c12. The number of pyridine rings is 2. The molecule has 1 amide bonds. The summed E-state index contributed by atoms with van der Waals surface area (Å²) in [6.45, 7) is 1.71. The van der Waals surface area contributed by atoms with E-state index in [0.29, 0.717) is 28.1 Å². The number of halogens is 3. The fourth-order valence-corrected chi connectivity index (χ4v) is 4.73. The lowest BCUT2D eigenvalue weighted by Gasteiger charge is -2.25. The minimum absolute atomic E-state index is 0.0856. The fourth-order valence-electron chi connectivity index (χ4n) is 4.73. The molecule has 0 atom stereocenters. The Morgan fingerprint density at radius 3 is 2.50 bits per heavy atom. The van der Waals surface area contributed by atoms with Gasteiger partial charge in [0.2, 0.25) is 0 Å². The first kappa shape index (κ1) is 22.7. The smallest absolute Gasteiger partial charge is 0.331 e. The van der Waals surface area contributed by atoms with Gasteiger partial charge in [-0.2, -0.15) is 23.0 Å². The first-order valence-corrected chi connectivity index (χ1v) is 12.1. The monoisotopic (exact) mass is 491 g/mol. The van der Waals surface area contributed by atoms with E-state index in [4.69, 9.17) is 4.98 Å². The molecule has 0 radical (unpaired) electrons. The number of hydrogen-bond acceptors (Lipinski definition) is 4. The molecule has 9 heteroatoms. The van der Waals surface area contributed by atoms with Crippen LogP contribution >= 0.6 is 0 Å². The highest BCUT2D eigenvalue weighted by molar-refractivity contribution is 6.07. The summed E-state index contributed by atoms with van der Waals surface area (Å²) in [6.07, 6.45) is 0.716. The van der Waals surface area contributed by atoms with Crippen LogP contribution in [0.3, 0.4) is 0 Å². The van der Waals surface area contributed by atoms with Crippen molar-refractivity contribution in [3.8, 4) is 5.82 Å². The normalized spacial score (nSPS) is 15.9. The predicted molar refractivity (Wildman–Crippen MR) is 128 cm³/mol. The summed E-state index contributed by atoms with van der Waals surface area (Å²) in [7, 11) is 0. The molecule has 3 heterocycles. The van der Waals surface area contributed by atoms with Gasteiger partial charge >= 0.3 is 6.18 Å². The molecule has 6 nitrogen and oxygen atoms in total. The lowest BCUT2D eigenvalue weighted by atomic mass is 10.0. The van der Waals surface area contributed by atoms with E-state index in [9.17, 15) is 18.0 Å². The van der Waals surface area contributed by atoms with E-state index >= 15 is 0 Å². The zero-order valence-electron chi connectivity index (χ0n) is 19.7. The maximum absolute atomic E-state index is 14.1. The van der Waals surface area contributed by atoms with Crippen molar-refractivity contribution in [3.63, 3.8) is 0 Å². The van der Waals surface area contributed by atoms with Gasteiger partial charge in [0.25, 0.3) is 5.91 Å². The van der Waals surface area contributed by atoms with Crippen LogP contribution in [0.5, 0.6) is 0 Å². The number of carbonyl (C=O) groups is 1. The Labute approximate surface area is 205 Å². The van der Waals surface area contributed by atoms with E-state index in [2.05, 4.69) is 10.1 Å². The number of nitrogens with zero attached hydrogens (tertiary/aromatic N) is 5. The molecule has 2 aliphatic rings. The van der Waals surface area contributed by atoms with E-state index in [1.54, 1.807) is 21.8 Å². The molecule has 2 aliphatic carbocycles. The number of benzene rings is 1. The second kappa shape index (κ2) is 8.43. The highest BCUT2D eigenvalue weighted by Crippen LogP contribution is 2.42. The maximum Gasteiger partial charge on any atom is 0.416 e. The molecule has 3 aromatic heterocycles. The first-order valence-electron chi connectivity index (χ1n) is 12.1. The summed E-state index contributed by atoms with van der Waals surface area (Å²) < 4.78 is 42.7. The van der Waals surface area contributed by atoms with Crippen LogP contribution < -0.4 is 0 Å². The van der Waals surface area contributed by atoms with Gasteiger partial charge in [-0.25, -0.2) is 9.97 Å². The summed E-state index contributed by atoms with van der Waals surface area (Å²) in [4.78, 5) is 24.9. The van der Waals surface area contributed by atoms with Crippen LogP contribution in [0, 0.1) is 6.92 Å². The van der Waals surface area contributed by atoms with Crippen molar-refractivity contribution in [1.82, 2.24) is 24.6 Å². The molecule has 1 aromatic carbocycles. The van der Waals surface area contributed by atoms with Crippen LogP contribution in [0.25, 0.3) is 16.9 Å². The van der Waals surface area contributed by atoms with E-state index in [0.717, 1.165) is 37.4 Å². The molecule has 6 rings (SSSR count). The van der Waals surface area contributed by atoms with E-state index in [1.807, 2.05) is 31.2 Å². The number of amides is 1. The number of aromatic nitrogens is 4. The molecular weight excluding hydrogens is 467 g/mol. The van der Waals surface area contributed by atoms with Gasteiger partial charge in [0.1, 0.15) is 0 Å². The third kappa shape index (κ3) is 4.12. The first-order chi connectivity index (χ1) is 17.3. The van der Waals surface area contributed by atoms with E-state index in [1.165, 1.54) is 12.1 Å². The standard InChI is InChI=1S/C27H24F3N5O/c1-16-24-20(14-22(17-9-10-17)32-25(24)35(33-16)23-8-4-5-13-31-23)26(36)34(19-11-12-19)15-18-6-2-3-7-21(18)27(28,29)30/h2-8,13-14,17,19H,9-12,15H2,1H3. The zero-order valence-corrected chi connectivity index (χ0v) is 19.7. The summed E-state index contributed by atoms with van der Waals surface area (Å²) in [6, 6.07) is 12.7. The summed E-state index contributed by atoms with van der Waals surface area (Å²) >= 11 is 0. The Bertz CT molecular complexity index is 1460. The van der Waals surface area contributed by atoms with Gasteiger partial charge in [0.15, 0.2) is 11.5 Å². The second-order valence-electron chi connectivity index (χ2n) is 9.57. The van der Waals surface area contributed by atoms with Gasteiger partial charge in [-0.1, -0.05) is 24.3 Å². The third-order valence-corrected chi connectivity index (χ3v) is 6.84. The zero-order chi connectivity index (χ0) is 25.0.